The largest absolute Gasteiger partial charge is 0.352 e. The van der Waals surface area contributed by atoms with Crippen LogP contribution in [-0.2, 0) is 0 Å². The number of rotatable bonds is 0. The summed E-state index contributed by atoms with van der Waals surface area (Å²) < 4.78 is 0. The Kier molecular flexibility index (Phi) is 9.68. The lowest BCUT2D eigenvalue weighted by Crippen LogP contribution is -2.18. The number of nitrogens with zero attached hydrogens (tertiary/aromatic N) is 2. The first kappa shape index (κ1) is 12.3. The maximum absolute atomic E-state index is 9.00. The minimum absolute atomic E-state index is 0. The smallest absolute Gasteiger partial charge is 0.309 e. The summed E-state index contributed by atoms with van der Waals surface area (Å²) in [4.78, 5) is 16.3. The second-order valence-electron chi connectivity index (χ2n) is 1.31. The van der Waals surface area contributed by atoms with Gasteiger partial charge in [-0.05, 0) is 6.07 Å². The fourth-order valence-corrected chi connectivity index (χ4v) is 0.253. The van der Waals surface area contributed by atoms with E-state index in [1.54, 1.807) is 18.5 Å². The Labute approximate surface area is 70.2 Å². The Bertz CT molecular complexity index is 150. The third kappa shape index (κ3) is 17.7. The minimum atomic E-state index is -0.833. The summed E-state index contributed by atoms with van der Waals surface area (Å²) in [5, 5.41) is 0. The maximum Gasteiger partial charge on any atom is 0.309 e. The molecule has 6 heteroatoms. The molecule has 0 fully saturated rings. The van der Waals surface area contributed by atoms with Crippen molar-refractivity contribution in [2.24, 2.45) is 11.5 Å². The van der Waals surface area contributed by atoms with Crippen LogP contribution in [0.15, 0.2) is 24.8 Å². The molecule has 1 heterocycles. The highest BCUT2D eigenvalue weighted by Gasteiger charge is 1.60. The van der Waals surface area contributed by atoms with Crippen LogP contribution >= 0.6 is 12.4 Å². The molecule has 0 saturated carbocycles. The van der Waals surface area contributed by atoms with Crippen molar-refractivity contribution < 1.29 is 4.79 Å². The average Bonchev–Trinajstić information content (AvgIpc) is 1.90. The van der Waals surface area contributed by atoms with E-state index in [0.29, 0.717) is 0 Å². The Balaban J connectivity index is 0. The van der Waals surface area contributed by atoms with Gasteiger partial charge in [0, 0.05) is 12.4 Å². The van der Waals surface area contributed by atoms with E-state index >= 15 is 0 Å². The van der Waals surface area contributed by atoms with E-state index in [0.717, 1.165) is 0 Å². The van der Waals surface area contributed by atoms with Crippen molar-refractivity contribution in [3.05, 3.63) is 24.8 Å². The molecule has 0 bridgehead atoms. The zero-order valence-corrected chi connectivity index (χ0v) is 6.49. The van der Waals surface area contributed by atoms with E-state index in [-0.39, 0.29) is 12.4 Å². The molecular formula is C5H9ClN4O. The number of hydrogen-bond donors (Lipinski definition) is 2. The summed E-state index contributed by atoms with van der Waals surface area (Å²) >= 11 is 0. The fraction of sp³-hybridized carbons (Fsp3) is 0. The Hall–Kier alpha value is -1.36. The SMILES string of the molecule is Cl.NC(N)=O.c1cncnc1. The number of halogens is 1. The second-order valence-corrected chi connectivity index (χ2v) is 1.31. The van der Waals surface area contributed by atoms with E-state index in [1.165, 1.54) is 6.33 Å². The number of urea groups is 1. The lowest BCUT2D eigenvalue weighted by Gasteiger charge is -1.70. The molecule has 0 unspecified atom stereocenters. The van der Waals surface area contributed by atoms with Crippen molar-refractivity contribution in [3.63, 3.8) is 0 Å². The van der Waals surface area contributed by atoms with Crippen LogP contribution in [0.2, 0.25) is 0 Å². The summed E-state index contributed by atoms with van der Waals surface area (Å²) in [6.07, 6.45) is 4.88. The first-order chi connectivity index (χ1) is 4.73. The fourth-order valence-electron chi connectivity index (χ4n) is 0.253. The van der Waals surface area contributed by atoms with Crippen LogP contribution in [0, 0.1) is 0 Å². The van der Waals surface area contributed by atoms with Crippen LogP contribution in [0.5, 0.6) is 0 Å². The summed E-state index contributed by atoms with van der Waals surface area (Å²) in [5.74, 6) is 0. The topological polar surface area (TPSA) is 94.9 Å². The average molecular weight is 177 g/mol. The zero-order valence-electron chi connectivity index (χ0n) is 5.68. The van der Waals surface area contributed by atoms with Gasteiger partial charge < -0.3 is 11.5 Å². The van der Waals surface area contributed by atoms with Crippen LogP contribution in [0.4, 0.5) is 4.79 Å². The number of carbonyl (C=O) groups is 1. The Morgan fingerprint density at radius 2 is 1.55 bits per heavy atom. The second kappa shape index (κ2) is 8.64. The van der Waals surface area contributed by atoms with Gasteiger partial charge in [0.25, 0.3) is 0 Å². The van der Waals surface area contributed by atoms with Gasteiger partial charge in [-0.1, -0.05) is 0 Å². The molecular weight excluding hydrogens is 168 g/mol. The number of hydrogen-bond acceptors (Lipinski definition) is 3. The summed E-state index contributed by atoms with van der Waals surface area (Å²) in [5.41, 5.74) is 8.50. The van der Waals surface area contributed by atoms with E-state index in [1.807, 2.05) is 0 Å². The first-order valence-corrected chi connectivity index (χ1v) is 2.48. The monoisotopic (exact) mass is 176 g/mol. The van der Waals surface area contributed by atoms with Crippen molar-refractivity contribution in [1.82, 2.24) is 9.97 Å². The van der Waals surface area contributed by atoms with Gasteiger partial charge in [-0.3, -0.25) is 0 Å². The molecule has 1 aromatic rings. The highest BCUT2D eigenvalue weighted by atomic mass is 35.5. The lowest BCUT2D eigenvalue weighted by molar-refractivity contribution is 0.256. The molecule has 62 valence electrons. The van der Waals surface area contributed by atoms with Crippen molar-refractivity contribution in [1.29, 1.82) is 0 Å². The van der Waals surface area contributed by atoms with Gasteiger partial charge in [0.05, 0.1) is 0 Å². The van der Waals surface area contributed by atoms with E-state index in [4.69, 9.17) is 4.79 Å². The van der Waals surface area contributed by atoms with Crippen LogP contribution in [0.1, 0.15) is 0 Å². The maximum atomic E-state index is 9.00. The number of primary amides is 2. The molecule has 2 amide bonds. The first-order valence-electron chi connectivity index (χ1n) is 2.48. The van der Waals surface area contributed by atoms with Gasteiger partial charge in [0.2, 0.25) is 0 Å². The molecule has 11 heavy (non-hydrogen) atoms. The van der Waals surface area contributed by atoms with Gasteiger partial charge in [0.15, 0.2) is 0 Å². The predicted octanol–water partition coefficient (Wildman–Crippen LogP) is -0.0778. The molecule has 1 rings (SSSR count). The molecule has 0 aromatic carbocycles. The van der Waals surface area contributed by atoms with Gasteiger partial charge in [-0.25, -0.2) is 14.8 Å². The van der Waals surface area contributed by atoms with E-state index in [2.05, 4.69) is 21.4 Å². The molecule has 4 N–H and O–H groups in total. The quantitative estimate of drug-likeness (QED) is 0.579. The van der Waals surface area contributed by atoms with Gasteiger partial charge in [0.1, 0.15) is 6.33 Å². The minimum Gasteiger partial charge on any atom is -0.352 e. The van der Waals surface area contributed by atoms with E-state index < -0.39 is 6.03 Å². The van der Waals surface area contributed by atoms with Crippen molar-refractivity contribution >= 4 is 18.4 Å². The van der Waals surface area contributed by atoms with Crippen LogP contribution in [-0.4, -0.2) is 16.0 Å². The van der Waals surface area contributed by atoms with Crippen LogP contribution < -0.4 is 11.5 Å². The Morgan fingerprint density at radius 1 is 1.18 bits per heavy atom. The molecule has 0 aliphatic carbocycles. The summed E-state index contributed by atoms with van der Waals surface area (Å²) in [6.45, 7) is 0. The highest BCUT2D eigenvalue weighted by Crippen LogP contribution is 1.66. The molecule has 5 nitrogen and oxygen atoms in total. The normalized spacial score (nSPS) is 6.55. The van der Waals surface area contributed by atoms with Crippen LogP contribution in [0.25, 0.3) is 0 Å². The number of nitrogens with two attached hydrogens (primary N) is 2. The molecule has 0 saturated heterocycles. The summed E-state index contributed by atoms with van der Waals surface area (Å²) in [6, 6.07) is 0.944. The van der Waals surface area contributed by atoms with Crippen LogP contribution in [0.3, 0.4) is 0 Å². The molecule has 1 aromatic heterocycles. The number of amides is 2. The molecule has 0 atom stereocenters. The molecule has 0 spiro atoms. The molecule has 0 aliphatic heterocycles. The standard InChI is InChI=1S/C4H4N2.CH4N2O.ClH/c1-2-5-4-6-3-1;2-1(3)4;/h1-4H;(H4,2,3,4);1H. The highest BCUT2D eigenvalue weighted by molar-refractivity contribution is 5.85. The number of aromatic nitrogens is 2. The lowest BCUT2D eigenvalue weighted by atomic mass is 10.7. The third-order valence-corrected chi connectivity index (χ3v) is 0.478. The Morgan fingerprint density at radius 3 is 1.64 bits per heavy atom. The summed E-state index contributed by atoms with van der Waals surface area (Å²) in [7, 11) is 0. The van der Waals surface area contributed by atoms with Crippen molar-refractivity contribution in [3.8, 4) is 0 Å². The van der Waals surface area contributed by atoms with E-state index in [9.17, 15) is 0 Å². The third-order valence-electron chi connectivity index (χ3n) is 0.478. The van der Waals surface area contributed by atoms with Gasteiger partial charge in [-0.15, -0.1) is 12.4 Å². The zero-order chi connectivity index (χ0) is 7.82. The van der Waals surface area contributed by atoms with Gasteiger partial charge >= 0.3 is 6.03 Å². The van der Waals surface area contributed by atoms with Crippen molar-refractivity contribution in [2.75, 3.05) is 0 Å². The van der Waals surface area contributed by atoms with Gasteiger partial charge in [-0.2, -0.15) is 0 Å². The molecule has 0 radical (unpaired) electrons. The number of carbonyl (C=O) groups excluding carboxylic acids is 1. The molecule has 0 aliphatic rings. The predicted molar refractivity (Wildman–Crippen MR) is 43.1 cm³/mol. The van der Waals surface area contributed by atoms with Crippen molar-refractivity contribution in [2.45, 2.75) is 0 Å².